The minimum absolute atomic E-state index is 0.263. The Morgan fingerprint density at radius 1 is 1.03 bits per heavy atom. The van der Waals surface area contributed by atoms with Crippen LogP contribution >= 0.6 is 0 Å². The molecule has 3 aromatic rings. The van der Waals surface area contributed by atoms with Crippen molar-refractivity contribution in [3.05, 3.63) is 102 Å². The molecular formula is C29H30N2O3. The van der Waals surface area contributed by atoms with E-state index in [9.17, 15) is 5.11 Å². The third kappa shape index (κ3) is 5.22. The van der Waals surface area contributed by atoms with Crippen molar-refractivity contribution in [2.45, 2.75) is 18.9 Å². The molecule has 34 heavy (non-hydrogen) atoms. The first-order valence-electron chi connectivity index (χ1n) is 11.9. The number of nitrogens with zero attached hydrogens (tertiary/aromatic N) is 2. The summed E-state index contributed by atoms with van der Waals surface area (Å²) in [7, 11) is 0. The lowest BCUT2D eigenvalue weighted by Crippen LogP contribution is -2.39. The zero-order valence-corrected chi connectivity index (χ0v) is 19.3. The van der Waals surface area contributed by atoms with Crippen LogP contribution in [0.2, 0.25) is 0 Å². The van der Waals surface area contributed by atoms with E-state index in [1.807, 2.05) is 36.4 Å². The monoisotopic (exact) mass is 454 g/mol. The van der Waals surface area contributed by atoms with E-state index in [2.05, 4.69) is 46.3 Å². The number of ether oxygens (including phenoxy) is 2. The van der Waals surface area contributed by atoms with Crippen LogP contribution in [0.1, 0.15) is 18.4 Å². The number of benzene rings is 2. The molecule has 0 amide bonds. The lowest BCUT2D eigenvalue weighted by molar-refractivity contribution is 0.0661. The summed E-state index contributed by atoms with van der Waals surface area (Å²) >= 11 is 0. The average Bonchev–Trinajstić information content (AvgIpc) is 2.90. The molecule has 1 N–H and O–H groups in total. The highest BCUT2D eigenvalue weighted by Crippen LogP contribution is 2.33. The number of hydrogen-bond donors (Lipinski definition) is 1. The van der Waals surface area contributed by atoms with Crippen LogP contribution in [0.3, 0.4) is 0 Å². The first-order valence-corrected chi connectivity index (χ1v) is 11.9. The molecule has 1 saturated heterocycles. The van der Waals surface area contributed by atoms with Crippen LogP contribution in [0.15, 0.2) is 96.4 Å². The summed E-state index contributed by atoms with van der Waals surface area (Å²) in [6.07, 6.45) is 9.07. The number of pyridine rings is 1. The number of β-amino-alcohol motifs (C(OH)–C–C–N with tert-alkyl or cyclic N) is 1. The fourth-order valence-electron chi connectivity index (χ4n) is 4.77. The number of allylic oxidation sites excluding steroid dienone is 2. The maximum absolute atomic E-state index is 10.7. The molecule has 5 nitrogen and oxygen atoms in total. The normalized spacial score (nSPS) is 17.2. The first-order chi connectivity index (χ1) is 16.8. The molecule has 0 radical (unpaired) electrons. The van der Waals surface area contributed by atoms with Crippen molar-refractivity contribution in [1.29, 1.82) is 0 Å². The predicted octanol–water partition coefficient (Wildman–Crippen LogP) is 4.99. The molecule has 174 valence electrons. The maximum Gasteiger partial charge on any atom is 0.128 e. The van der Waals surface area contributed by atoms with Gasteiger partial charge in [0.05, 0.1) is 11.8 Å². The average molecular weight is 455 g/mol. The Kier molecular flexibility index (Phi) is 7.03. The number of aliphatic hydroxyl groups excluding tert-OH is 1. The Hall–Kier alpha value is -3.41. The second-order valence-corrected chi connectivity index (χ2v) is 8.77. The molecule has 1 fully saturated rings. The van der Waals surface area contributed by atoms with Gasteiger partial charge in [-0.1, -0.05) is 48.0 Å². The number of hydrogen-bond acceptors (Lipinski definition) is 5. The van der Waals surface area contributed by atoms with E-state index in [0.717, 1.165) is 42.6 Å². The van der Waals surface area contributed by atoms with E-state index in [4.69, 9.17) is 9.47 Å². The topological polar surface area (TPSA) is 54.8 Å². The molecule has 2 aliphatic heterocycles. The van der Waals surface area contributed by atoms with Gasteiger partial charge in [0.25, 0.3) is 0 Å². The van der Waals surface area contributed by atoms with Crippen molar-refractivity contribution in [3.8, 4) is 5.75 Å². The molecule has 0 bridgehead atoms. The van der Waals surface area contributed by atoms with Crippen LogP contribution in [0.25, 0.3) is 16.5 Å². The van der Waals surface area contributed by atoms with Crippen molar-refractivity contribution in [3.63, 3.8) is 0 Å². The number of rotatable bonds is 7. The number of aliphatic hydroxyl groups is 1. The van der Waals surface area contributed by atoms with Gasteiger partial charge in [-0.2, -0.15) is 0 Å². The molecule has 1 unspecified atom stereocenters. The lowest BCUT2D eigenvalue weighted by atomic mass is 9.88. The molecule has 2 aromatic carbocycles. The van der Waals surface area contributed by atoms with E-state index < -0.39 is 6.10 Å². The van der Waals surface area contributed by atoms with Crippen LogP contribution in [-0.2, 0) is 4.74 Å². The summed E-state index contributed by atoms with van der Waals surface area (Å²) in [6, 6.07) is 20.3. The van der Waals surface area contributed by atoms with E-state index in [0.29, 0.717) is 13.2 Å². The van der Waals surface area contributed by atoms with Crippen molar-refractivity contribution in [2.24, 2.45) is 0 Å². The van der Waals surface area contributed by atoms with Crippen LogP contribution < -0.4 is 4.74 Å². The zero-order valence-electron chi connectivity index (χ0n) is 19.3. The SMILES string of the molecule is OC(COc1cccc2ncccc12)CN1CCC(=C(C2=CC=COC2)c2ccccc2)CC1. The molecule has 0 aliphatic carbocycles. The Bertz CT molecular complexity index is 1200. The van der Waals surface area contributed by atoms with Crippen LogP contribution in [0.4, 0.5) is 0 Å². The van der Waals surface area contributed by atoms with Crippen molar-refractivity contribution < 1.29 is 14.6 Å². The van der Waals surface area contributed by atoms with Gasteiger partial charge < -0.3 is 14.6 Å². The standard InChI is InChI=1S/C29H30N2O3/c32-25(21-34-28-12-4-11-27-26(28)10-5-15-30-27)19-31-16-13-23(14-17-31)29(22-7-2-1-3-8-22)24-9-6-18-33-20-24/h1-12,15,18,25,32H,13-14,16-17,19-21H2. The van der Waals surface area contributed by atoms with Crippen molar-refractivity contribution in [2.75, 3.05) is 32.8 Å². The Labute approximate surface area is 200 Å². The number of piperidine rings is 1. The Morgan fingerprint density at radius 3 is 2.68 bits per heavy atom. The number of aromatic nitrogens is 1. The summed E-state index contributed by atoms with van der Waals surface area (Å²) in [6.45, 7) is 3.31. The van der Waals surface area contributed by atoms with Gasteiger partial charge >= 0.3 is 0 Å². The molecule has 0 spiro atoms. The molecule has 3 heterocycles. The third-order valence-corrected chi connectivity index (χ3v) is 6.41. The Morgan fingerprint density at radius 2 is 1.88 bits per heavy atom. The molecule has 5 heteroatoms. The third-order valence-electron chi connectivity index (χ3n) is 6.41. The highest BCUT2D eigenvalue weighted by Gasteiger charge is 2.22. The second kappa shape index (κ2) is 10.7. The van der Waals surface area contributed by atoms with Crippen LogP contribution in [0, 0.1) is 0 Å². The summed E-state index contributed by atoms with van der Waals surface area (Å²) in [5.41, 5.74) is 6.15. The highest BCUT2D eigenvalue weighted by molar-refractivity contribution is 5.85. The quantitative estimate of drug-likeness (QED) is 0.545. The van der Waals surface area contributed by atoms with Gasteiger partial charge in [-0.05, 0) is 59.9 Å². The predicted molar refractivity (Wildman–Crippen MR) is 135 cm³/mol. The molecular weight excluding hydrogens is 424 g/mol. The van der Waals surface area contributed by atoms with Gasteiger partial charge in [0.15, 0.2) is 0 Å². The van der Waals surface area contributed by atoms with Crippen molar-refractivity contribution >= 4 is 16.5 Å². The lowest BCUT2D eigenvalue weighted by Gasteiger charge is -2.32. The highest BCUT2D eigenvalue weighted by atomic mass is 16.5. The van der Waals surface area contributed by atoms with E-state index in [1.165, 1.54) is 22.3 Å². The molecule has 1 atom stereocenters. The molecule has 0 saturated carbocycles. The van der Waals surface area contributed by atoms with Gasteiger partial charge in [-0.15, -0.1) is 0 Å². The van der Waals surface area contributed by atoms with E-state index >= 15 is 0 Å². The van der Waals surface area contributed by atoms with E-state index in [-0.39, 0.29) is 6.61 Å². The second-order valence-electron chi connectivity index (χ2n) is 8.77. The zero-order chi connectivity index (χ0) is 23.2. The number of likely N-dealkylation sites (tertiary alicyclic amines) is 1. The van der Waals surface area contributed by atoms with Gasteiger partial charge in [0.1, 0.15) is 25.1 Å². The summed E-state index contributed by atoms with van der Waals surface area (Å²) in [4.78, 5) is 6.70. The van der Waals surface area contributed by atoms with Gasteiger partial charge in [0, 0.05) is 31.2 Å². The fourth-order valence-corrected chi connectivity index (χ4v) is 4.77. The van der Waals surface area contributed by atoms with Gasteiger partial charge in [0.2, 0.25) is 0 Å². The van der Waals surface area contributed by atoms with Crippen molar-refractivity contribution in [1.82, 2.24) is 9.88 Å². The van der Waals surface area contributed by atoms with Crippen LogP contribution in [0.5, 0.6) is 5.75 Å². The molecule has 5 rings (SSSR count). The van der Waals surface area contributed by atoms with Gasteiger partial charge in [-0.25, -0.2) is 0 Å². The van der Waals surface area contributed by atoms with E-state index in [1.54, 1.807) is 12.5 Å². The molecule has 1 aromatic heterocycles. The first kappa shape index (κ1) is 22.4. The van der Waals surface area contributed by atoms with Crippen LogP contribution in [-0.4, -0.2) is 53.9 Å². The summed E-state index contributed by atoms with van der Waals surface area (Å²) in [5.74, 6) is 0.762. The number of fused-ring (bicyclic) bond motifs is 1. The maximum atomic E-state index is 10.7. The minimum atomic E-state index is -0.550. The summed E-state index contributed by atoms with van der Waals surface area (Å²) in [5, 5.41) is 11.6. The molecule has 2 aliphatic rings. The van der Waals surface area contributed by atoms with Gasteiger partial charge in [-0.3, -0.25) is 9.88 Å². The smallest absolute Gasteiger partial charge is 0.128 e. The minimum Gasteiger partial charge on any atom is -0.496 e. The fraction of sp³-hybridized carbons (Fsp3) is 0.276. The Balaban J connectivity index is 1.21. The summed E-state index contributed by atoms with van der Waals surface area (Å²) < 4.78 is 11.6. The largest absolute Gasteiger partial charge is 0.496 e.